The van der Waals surface area contributed by atoms with Crippen LogP contribution < -0.4 is 5.73 Å². The van der Waals surface area contributed by atoms with E-state index in [1.165, 1.54) is 24.0 Å². The molecule has 0 radical (unpaired) electrons. The van der Waals surface area contributed by atoms with Gasteiger partial charge in [0, 0.05) is 6.04 Å². The average Bonchev–Trinajstić information content (AvgIpc) is 2.16. The first-order valence-electron chi connectivity index (χ1n) is 5.55. The second-order valence-corrected chi connectivity index (χ2v) is 4.09. The zero-order chi connectivity index (χ0) is 10.4. The van der Waals surface area contributed by atoms with Crippen LogP contribution in [-0.2, 0) is 12.8 Å². The maximum absolute atomic E-state index is 5.74. The van der Waals surface area contributed by atoms with Gasteiger partial charge in [0.25, 0.3) is 0 Å². The molecule has 0 aliphatic carbocycles. The lowest BCUT2D eigenvalue weighted by atomic mass is 10.0. The highest BCUT2D eigenvalue weighted by Gasteiger charge is 1.98. The van der Waals surface area contributed by atoms with Crippen LogP contribution in [0, 0.1) is 0 Å². The quantitative estimate of drug-likeness (QED) is 0.761. The number of rotatable bonds is 5. The van der Waals surface area contributed by atoms with Crippen molar-refractivity contribution >= 4 is 0 Å². The van der Waals surface area contributed by atoms with E-state index in [0.29, 0.717) is 6.04 Å². The lowest BCUT2D eigenvalue weighted by Crippen LogP contribution is -2.15. The molecule has 1 aromatic carbocycles. The Bertz CT molecular complexity index is 266. The number of aryl methyl sites for hydroxylation is 2. The summed E-state index contributed by atoms with van der Waals surface area (Å²) in [5.41, 5.74) is 8.61. The van der Waals surface area contributed by atoms with Gasteiger partial charge < -0.3 is 5.73 Å². The van der Waals surface area contributed by atoms with Crippen molar-refractivity contribution in [3.05, 3.63) is 35.4 Å². The minimum atomic E-state index is 0.310. The van der Waals surface area contributed by atoms with Crippen molar-refractivity contribution in [2.24, 2.45) is 5.73 Å². The van der Waals surface area contributed by atoms with Gasteiger partial charge in [-0.15, -0.1) is 0 Å². The molecule has 0 aliphatic rings. The van der Waals surface area contributed by atoms with Crippen LogP contribution in [0.4, 0.5) is 0 Å². The van der Waals surface area contributed by atoms with Gasteiger partial charge in [0.15, 0.2) is 0 Å². The van der Waals surface area contributed by atoms with Gasteiger partial charge in [0.2, 0.25) is 0 Å². The van der Waals surface area contributed by atoms with Gasteiger partial charge in [0.05, 0.1) is 0 Å². The van der Waals surface area contributed by atoms with Crippen LogP contribution in [-0.4, -0.2) is 6.04 Å². The summed E-state index contributed by atoms with van der Waals surface area (Å²) in [5.74, 6) is 0. The molecule has 78 valence electrons. The van der Waals surface area contributed by atoms with Crippen molar-refractivity contribution < 1.29 is 0 Å². The van der Waals surface area contributed by atoms with Crippen LogP contribution in [0.3, 0.4) is 0 Å². The molecule has 0 bridgehead atoms. The van der Waals surface area contributed by atoms with E-state index < -0.39 is 0 Å². The second-order valence-electron chi connectivity index (χ2n) is 4.09. The third-order valence-corrected chi connectivity index (χ3v) is 2.42. The fourth-order valence-corrected chi connectivity index (χ4v) is 1.62. The monoisotopic (exact) mass is 191 g/mol. The Hall–Kier alpha value is -0.820. The molecule has 0 heterocycles. The van der Waals surface area contributed by atoms with Gasteiger partial charge in [-0.2, -0.15) is 0 Å². The molecule has 1 nitrogen and oxygen atoms in total. The summed E-state index contributed by atoms with van der Waals surface area (Å²) in [5, 5.41) is 0. The fraction of sp³-hybridized carbons (Fsp3) is 0.538. The Morgan fingerprint density at radius 3 is 2.43 bits per heavy atom. The standard InChI is InChI=1S/C13H21N/c1-3-5-12-6-4-7-13(10-12)9-8-11(2)14/h4,6-7,10-11H,3,5,8-9,14H2,1-2H3. The van der Waals surface area contributed by atoms with Crippen LogP contribution in [0.15, 0.2) is 24.3 Å². The molecule has 0 fully saturated rings. The first-order chi connectivity index (χ1) is 6.72. The molecule has 14 heavy (non-hydrogen) atoms. The van der Waals surface area contributed by atoms with E-state index in [1.54, 1.807) is 0 Å². The fourth-order valence-electron chi connectivity index (χ4n) is 1.62. The first-order valence-corrected chi connectivity index (χ1v) is 5.55. The van der Waals surface area contributed by atoms with Crippen molar-refractivity contribution in [3.8, 4) is 0 Å². The van der Waals surface area contributed by atoms with E-state index in [0.717, 1.165) is 12.8 Å². The summed E-state index contributed by atoms with van der Waals surface area (Å²) in [6.07, 6.45) is 4.59. The van der Waals surface area contributed by atoms with Gasteiger partial charge in [-0.05, 0) is 37.3 Å². The minimum absolute atomic E-state index is 0.310. The van der Waals surface area contributed by atoms with Crippen LogP contribution in [0.25, 0.3) is 0 Å². The SMILES string of the molecule is CCCc1cccc(CCC(C)N)c1. The third kappa shape index (κ3) is 3.93. The Balaban J connectivity index is 2.54. The van der Waals surface area contributed by atoms with E-state index in [1.807, 2.05) is 0 Å². The van der Waals surface area contributed by atoms with Gasteiger partial charge >= 0.3 is 0 Å². The highest BCUT2D eigenvalue weighted by molar-refractivity contribution is 5.23. The third-order valence-electron chi connectivity index (χ3n) is 2.42. The Labute approximate surface area is 87.3 Å². The lowest BCUT2D eigenvalue weighted by Gasteiger charge is -2.06. The van der Waals surface area contributed by atoms with E-state index >= 15 is 0 Å². The molecule has 1 heteroatoms. The number of benzene rings is 1. The lowest BCUT2D eigenvalue weighted by molar-refractivity contribution is 0.665. The molecule has 1 unspecified atom stereocenters. The van der Waals surface area contributed by atoms with Crippen LogP contribution in [0.5, 0.6) is 0 Å². The van der Waals surface area contributed by atoms with E-state index in [4.69, 9.17) is 5.73 Å². The van der Waals surface area contributed by atoms with Gasteiger partial charge in [0.1, 0.15) is 0 Å². The maximum atomic E-state index is 5.74. The number of hydrogen-bond donors (Lipinski definition) is 1. The van der Waals surface area contributed by atoms with E-state index in [2.05, 4.69) is 38.1 Å². The molecular weight excluding hydrogens is 170 g/mol. The molecular formula is C13H21N. The highest BCUT2D eigenvalue weighted by atomic mass is 14.6. The predicted octanol–water partition coefficient (Wildman–Crippen LogP) is 2.92. The molecule has 1 rings (SSSR count). The largest absolute Gasteiger partial charge is 0.328 e. The zero-order valence-electron chi connectivity index (χ0n) is 9.29. The Morgan fingerprint density at radius 1 is 1.21 bits per heavy atom. The summed E-state index contributed by atoms with van der Waals surface area (Å²) in [7, 11) is 0. The summed E-state index contributed by atoms with van der Waals surface area (Å²) in [4.78, 5) is 0. The Kier molecular flexibility index (Phi) is 4.68. The van der Waals surface area contributed by atoms with Crippen molar-refractivity contribution in [1.82, 2.24) is 0 Å². The van der Waals surface area contributed by atoms with Crippen molar-refractivity contribution in [3.63, 3.8) is 0 Å². The van der Waals surface area contributed by atoms with Crippen molar-refractivity contribution in [2.75, 3.05) is 0 Å². The zero-order valence-corrected chi connectivity index (χ0v) is 9.29. The highest BCUT2D eigenvalue weighted by Crippen LogP contribution is 2.10. The van der Waals surface area contributed by atoms with Crippen molar-refractivity contribution in [2.45, 2.75) is 45.6 Å². The molecule has 0 aromatic heterocycles. The molecule has 0 aliphatic heterocycles. The smallest absolute Gasteiger partial charge is 0.00136 e. The summed E-state index contributed by atoms with van der Waals surface area (Å²) in [6.45, 7) is 4.28. The van der Waals surface area contributed by atoms with E-state index in [-0.39, 0.29) is 0 Å². The average molecular weight is 191 g/mol. The van der Waals surface area contributed by atoms with Crippen LogP contribution >= 0.6 is 0 Å². The number of nitrogens with two attached hydrogens (primary N) is 1. The van der Waals surface area contributed by atoms with Crippen LogP contribution in [0.2, 0.25) is 0 Å². The number of hydrogen-bond acceptors (Lipinski definition) is 1. The molecule has 0 spiro atoms. The maximum Gasteiger partial charge on any atom is 0.00136 e. The summed E-state index contributed by atoms with van der Waals surface area (Å²) >= 11 is 0. The van der Waals surface area contributed by atoms with Crippen LogP contribution in [0.1, 0.15) is 37.8 Å². The first kappa shape index (κ1) is 11.3. The normalized spacial score (nSPS) is 12.8. The molecule has 2 N–H and O–H groups in total. The Morgan fingerprint density at radius 2 is 1.86 bits per heavy atom. The van der Waals surface area contributed by atoms with E-state index in [9.17, 15) is 0 Å². The molecule has 1 atom stereocenters. The summed E-state index contributed by atoms with van der Waals surface area (Å²) < 4.78 is 0. The molecule has 1 aromatic rings. The summed E-state index contributed by atoms with van der Waals surface area (Å²) in [6, 6.07) is 9.18. The van der Waals surface area contributed by atoms with Crippen molar-refractivity contribution in [1.29, 1.82) is 0 Å². The predicted molar refractivity (Wildman–Crippen MR) is 62.4 cm³/mol. The van der Waals surface area contributed by atoms with Gasteiger partial charge in [-0.1, -0.05) is 37.6 Å². The van der Waals surface area contributed by atoms with Gasteiger partial charge in [-0.25, -0.2) is 0 Å². The second kappa shape index (κ2) is 5.82. The topological polar surface area (TPSA) is 26.0 Å². The molecule has 0 saturated carbocycles. The molecule has 0 amide bonds. The molecule has 0 saturated heterocycles. The van der Waals surface area contributed by atoms with Gasteiger partial charge in [-0.3, -0.25) is 0 Å². The minimum Gasteiger partial charge on any atom is -0.328 e.